The van der Waals surface area contributed by atoms with Crippen molar-refractivity contribution in [1.82, 2.24) is 4.90 Å². The molecule has 0 radical (unpaired) electrons. The van der Waals surface area contributed by atoms with Gasteiger partial charge in [-0.3, -0.25) is 4.90 Å². The summed E-state index contributed by atoms with van der Waals surface area (Å²) in [4.78, 5) is 2.57. The summed E-state index contributed by atoms with van der Waals surface area (Å²) < 4.78 is 5.66. The van der Waals surface area contributed by atoms with Crippen molar-refractivity contribution in [2.75, 3.05) is 19.7 Å². The molecule has 1 heterocycles. The van der Waals surface area contributed by atoms with Crippen LogP contribution in [0.1, 0.15) is 51.6 Å². The van der Waals surface area contributed by atoms with E-state index in [1.165, 1.54) is 18.4 Å². The maximum atomic E-state index is 6.08. The molecule has 21 heavy (non-hydrogen) atoms. The van der Waals surface area contributed by atoms with Gasteiger partial charge in [0.15, 0.2) is 0 Å². The second kappa shape index (κ2) is 7.81. The Kier molecular flexibility index (Phi) is 6.07. The Hall–Kier alpha value is -1.06. The van der Waals surface area contributed by atoms with Crippen molar-refractivity contribution in [2.45, 2.75) is 52.1 Å². The van der Waals surface area contributed by atoms with Gasteiger partial charge in [-0.15, -0.1) is 0 Å². The van der Waals surface area contributed by atoms with E-state index in [1.807, 2.05) is 0 Å². The third-order valence-corrected chi connectivity index (χ3v) is 4.55. The summed E-state index contributed by atoms with van der Waals surface area (Å²) >= 11 is 0. The lowest BCUT2D eigenvalue weighted by molar-refractivity contribution is 0.0847. The summed E-state index contributed by atoms with van der Waals surface area (Å²) in [6, 6.07) is 9.43. The van der Waals surface area contributed by atoms with Gasteiger partial charge in [0, 0.05) is 18.6 Å². The van der Waals surface area contributed by atoms with Gasteiger partial charge in [0.25, 0.3) is 0 Å². The van der Waals surface area contributed by atoms with Crippen LogP contribution in [0.15, 0.2) is 24.3 Å². The zero-order chi connectivity index (χ0) is 15.2. The summed E-state index contributed by atoms with van der Waals surface area (Å²) in [7, 11) is 0. The van der Waals surface area contributed by atoms with Gasteiger partial charge >= 0.3 is 0 Å². The minimum absolute atomic E-state index is 0.327. The minimum atomic E-state index is 0.327. The number of ether oxygens (including phenoxy) is 1. The van der Waals surface area contributed by atoms with Crippen LogP contribution in [0.25, 0.3) is 0 Å². The molecule has 1 saturated heterocycles. The Labute approximate surface area is 129 Å². The summed E-state index contributed by atoms with van der Waals surface area (Å²) in [5.74, 6) is 1.79. The number of hydrogen-bond donors (Lipinski definition) is 1. The van der Waals surface area contributed by atoms with Crippen LogP contribution in [0.4, 0.5) is 0 Å². The number of benzene rings is 1. The Morgan fingerprint density at radius 1 is 1.29 bits per heavy atom. The number of rotatable bonds is 6. The van der Waals surface area contributed by atoms with E-state index in [4.69, 9.17) is 10.5 Å². The van der Waals surface area contributed by atoms with E-state index < -0.39 is 0 Å². The SMILES string of the molecule is CCCOc1ccc(C(CN)N2CCC(C)CC2C)cc1. The highest BCUT2D eigenvalue weighted by atomic mass is 16.5. The second-order valence-electron chi connectivity index (χ2n) is 6.39. The van der Waals surface area contributed by atoms with E-state index in [-0.39, 0.29) is 0 Å². The molecule has 1 aromatic carbocycles. The quantitative estimate of drug-likeness (QED) is 0.870. The Balaban J connectivity index is 2.06. The maximum Gasteiger partial charge on any atom is 0.119 e. The lowest BCUT2D eigenvalue weighted by atomic mass is 9.90. The van der Waals surface area contributed by atoms with Crippen LogP contribution in [-0.4, -0.2) is 30.6 Å². The van der Waals surface area contributed by atoms with Gasteiger partial charge in [-0.2, -0.15) is 0 Å². The van der Waals surface area contributed by atoms with Crippen LogP contribution < -0.4 is 10.5 Å². The van der Waals surface area contributed by atoms with Crippen molar-refractivity contribution in [2.24, 2.45) is 11.7 Å². The molecule has 3 unspecified atom stereocenters. The van der Waals surface area contributed by atoms with Crippen LogP contribution in [0.2, 0.25) is 0 Å². The molecule has 118 valence electrons. The van der Waals surface area contributed by atoms with Crippen LogP contribution in [0.3, 0.4) is 0 Å². The molecule has 3 atom stereocenters. The normalized spacial score (nSPS) is 24.8. The van der Waals surface area contributed by atoms with E-state index in [1.54, 1.807) is 0 Å². The maximum absolute atomic E-state index is 6.08. The number of likely N-dealkylation sites (tertiary alicyclic amines) is 1. The van der Waals surface area contributed by atoms with Crippen molar-refractivity contribution >= 4 is 0 Å². The predicted molar refractivity (Wildman–Crippen MR) is 88.6 cm³/mol. The van der Waals surface area contributed by atoms with Crippen molar-refractivity contribution in [3.8, 4) is 5.75 Å². The smallest absolute Gasteiger partial charge is 0.119 e. The Bertz CT molecular complexity index is 418. The average Bonchev–Trinajstić information content (AvgIpc) is 2.49. The molecule has 0 bridgehead atoms. The summed E-state index contributed by atoms with van der Waals surface area (Å²) in [6.45, 7) is 9.41. The van der Waals surface area contributed by atoms with E-state index in [0.717, 1.165) is 31.2 Å². The number of hydrogen-bond acceptors (Lipinski definition) is 3. The molecule has 1 aliphatic rings. The van der Waals surface area contributed by atoms with Crippen molar-refractivity contribution in [3.05, 3.63) is 29.8 Å². The Morgan fingerprint density at radius 3 is 2.57 bits per heavy atom. The van der Waals surface area contributed by atoms with Crippen molar-refractivity contribution < 1.29 is 4.74 Å². The lowest BCUT2D eigenvalue weighted by Gasteiger charge is -2.41. The molecule has 0 saturated carbocycles. The van der Waals surface area contributed by atoms with Crippen LogP contribution in [-0.2, 0) is 0 Å². The van der Waals surface area contributed by atoms with Gasteiger partial charge in [-0.25, -0.2) is 0 Å². The second-order valence-corrected chi connectivity index (χ2v) is 6.39. The van der Waals surface area contributed by atoms with Gasteiger partial charge in [0.2, 0.25) is 0 Å². The fourth-order valence-electron chi connectivity index (χ4n) is 3.36. The van der Waals surface area contributed by atoms with Gasteiger partial charge in [0.1, 0.15) is 5.75 Å². The Morgan fingerprint density at radius 2 is 2.00 bits per heavy atom. The molecule has 0 amide bonds. The largest absolute Gasteiger partial charge is 0.494 e. The predicted octanol–water partition coefficient (Wildman–Crippen LogP) is 3.60. The molecule has 1 aromatic rings. The molecule has 0 aromatic heterocycles. The number of nitrogens with two attached hydrogens (primary N) is 1. The van der Waals surface area contributed by atoms with Crippen LogP contribution in [0, 0.1) is 5.92 Å². The highest BCUT2D eigenvalue weighted by Gasteiger charge is 2.28. The summed E-state index contributed by atoms with van der Waals surface area (Å²) in [5.41, 5.74) is 7.39. The van der Waals surface area contributed by atoms with Gasteiger partial charge < -0.3 is 10.5 Å². The molecular weight excluding hydrogens is 260 g/mol. The molecule has 2 rings (SSSR count). The molecular formula is C18H30N2O. The first kappa shape index (κ1) is 16.3. The zero-order valence-corrected chi connectivity index (χ0v) is 13.7. The van der Waals surface area contributed by atoms with E-state index >= 15 is 0 Å². The molecule has 3 heteroatoms. The highest BCUT2D eigenvalue weighted by Crippen LogP contribution is 2.31. The third-order valence-electron chi connectivity index (χ3n) is 4.55. The first-order chi connectivity index (χ1) is 10.2. The molecule has 1 fully saturated rings. The standard InChI is InChI=1S/C18H30N2O/c1-4-11-21-17-7-5-16(6-8-17)18(13-19)20-10-9-14(2)12-15(20)3/h5-8,14-15,18H,4,9-13,19H2,1-3H3. The van der Waals surface area contributed by atoms with Crippen LogP contribution >= 0.6 is 0 Å². The summed E-state index contributed by atoms with van der Waals surface area (Å²) in [5, 5.41) is 0. The fraction of sp³-hybridized carbons (Fsp3) is 0.667. The molecule has 0 aliphatic carbocycles. The van der Waals surface area contributed by atoms with E-state index in [9.17, 15) is 0 Å². The lowest BCUT2D eigenvalue weighted by Crippen LogP contribution is -2.44. The molecule has 1 aliphatic heterocycles. The molecule has 3 nitrogen and oxygen atoms in total. The summed E-state index contributed by atoms with van der Waals surface area (Å²) in [6.07, 6.45) is 3.59. The first-order valence-corrected chi connectivity index (χ1v) is 8.34. The minimum Gasteiger partial charge on any atom is -0.494 e. The number of piperidine rings is 1. The monoisotopic (exact) mass is 290 g/mol. The fourth-order valence-corrected chi connectivity index (χ4v) is 3.36. The zero-order valence-electron chi connectivity index (χ0n) is 13.7. The third kappa shape index (κ3) is 4.21. The topological polar surface area (TPSA) is 38.5 Å². The van der Waals surface area contributed by atoms with Gasteiger partial charge in [0.05, 0.1) is 6.61 Å². The number of nitrogens with zero attached hydrogens (tertiary/aromatic N) is 1. The average molecular weight is 290 g/mol. The van der Waals surface area contributed by atoms with E-state index in [0.29, 0.717) is 18.6 Å². The van der Waals surface area contributed by atoms with Crippen LogP contribution in [0.5, 0.6) is 5.75 Å². The van der Waals surface area contributed by atoms with Crippen molar-refractivity contribution in [1.29, 1.82) is 0 Å². The van der Waals surface area contributed by atoms with E-state index in [2.05, 4.69) is 49.9 Å². The van der Waals surface area contributed by atoms with Gasteiger partial charge in [-0.05, 0) is 56.3 Å². The molecule has 0 spiro atoms. The highest BCUT2D eigenvalue weighted by molar-refractivity contribution is 5.29. The van der Waals surface area contributed by atoms with Crippen molar-refractivity contribution in [3.63, 3.8) is 0 Å². The molecule has 2 N–H and O–H groups in total. The first-order valence-electron chi connectivity index (χ1n) is 8.34. The van der Waals surface area contributed by atoms with Gasteiger partial charge in [-0.1, -0.05) is 26.0 Å².